The van der Waals surface area contributed by atoms with Gasteiger partial charge in [0.2, 0.25) is 5.82 Å². The van der Waals surface area contributed by atoms with Gasteiger partial charge in [0.25, 0.3) is 0 Å². The number of hydrogen-bond donors (Lipinski definition) is 2. The minimum Gasteiger partial charge on any atom is -0.505 e. The van der Waals surface area contributed by atoms with Gasteiger partial charge in [-0.05, 0) is 13.0 Å². The lowest BCUT2D eigenvalue weighted by molar-refractivity contribution is 0.385. The van der Waals surface area contributed by atoms with E-state index in [1.54, 1.807) is 0 Å². The smallest absolute Gasteiger partial charge is 0.206 e. The molecule has 0 bridgehead atoms. The molecule has 0 aliphatic rings. The first kappa shape index (κ1) is 9.33. The van der Waals surface area contributed by atoms with E-state index in [0.29, 0.717) is 0 Å². The van der Waals surface area contributed by atoms with Crippen LogP contribution in [0, 0.1) is 17.1 Å². The average molecular weight is 181 g/mol. The molecule has 1 atom stereocenters. The van der Waals surface area contributed by atoms with Gasteiger partial charge in [-0.25, -0.2) is 0 Å². The molecular weight excluding hydrogens is 173 g/mol. The summed E-state index contributed by atoms with van der Waals surface area (Å²) < 4.78 is 12.9. The second-order valence-electron chi connectivity index (χ2n) is 2.69. The average Bonchev–Trinajstić information content (AvgIpc) is 2.13. The highest BCUT2D eigenvalue weighted by atomic mass is 19.1. The fraction of sp³-hybridized carbons (Fsp3) is 0.222. The highest BCUT2D eigenvalue weighted by molar-refractivity contribution is 5.44. The molecule has 1 aromatic rings. The molecular formula is C9H8FNO2. The van der Waals surface area contributed by atoms with E-state index in [9.17, 15) is 9.50 Å². The molecule has 1 rings (SSSR count). The van der Waals surface area contributed by atoms with Crippen LogP contribution in [-0.4, -0.2) is 10.2 Å². The maximum Gasteiger partial charge on any atom is 0.206 e. The Hall–Kier alpha value is -1.76. The summed E-state index contributed by atoms with van der Waals surface area (Å²) in [6, 6.07) is 4.29. The number of phenolic OH excluding ortho intramolecular Hbond substituents is 2. The van der Waals surface area contributed by atoms with Gasteiger partial charge in [-0.2, -0.15) is 9.65 Å². The molecule has 68 valence electrons. The maximum atomic E-state index is 12.9. The van der Waals surface area contributed by atoms with Crippen molar-refractivity contribution >= 4 is 0 Å². The molecule has 0 spiro atoms. The van der Waals surface area contributed by atoms with E-state index in [-0.39, 0.29) is 5.56 Å². The predicted octanol–water partition coefficient (Wildman–Crippen LogP) is 1.86. The fourth-order valence-electron chi connectivity index (χ4n) is 0.988. The van der Waals surface area contributed by atoms with Gasteiger partial charge in [0, 0.05) is 5.56 Å². The van der Waals surface area contributed by atoms with E-state index >= 15 is 0 Å². The van der Waals surface area contributed by atoms with Crippen LogP contribution < -0.4 is 0 Å². The van der Waals surface area contributed by atoms with Crippen LogP contribution in [0.5, 0.6) is 11.5 Å². The molecule has 13 heavy (non-hydrogen) atoms. The van der Waals surface area contributed by atoms with Crippen molar-refractivity contribution in [3.63, 3.8) is 0 Å². The highest BCUT2D eigenvalue weighted by Gasteiger charge is 2.15. The zero-order valence-electron chi connectivity index (χ0n) is 6.95. The minimum absolute atomic E-state index is 0.179. The third-order valence-corrected chi connectivity index (χ3v) is 1.79. The number of benzene rings is 1. The van der Waals surface area contributed by atoms with Gasteiger partial charge >= 0.3 is 0 Å². The molecule has 0 amide bonds. The Kier molecular flexibility index (Phi) is 2.38. The lowest BCUT2D eigenvalue weighted by Gasteiger charge is -2.07. The summed E-state index contributed by atoms with van der Waals surface area (Å²) in [7, 11) is 0. The van der Waals surface area contributed by atoms with Crippen LogP contribution in [-0.2, 0) is 0 Å². The predicted molar refractivity (Wildman–Crippen MR) is 43.8 cm³/mol. The SMILES string of the molecule is CC(C#N)c1ccc(O)c(F)c1O. The Morgan fingerprint density at radius 1 is 1.46 bits per heavy atom. The molecule has 0 saturated carbocycles. The Balaban J connectivity index is 3.28. The maximum absolute atomic E-state index is 12.9. The summed E-state index contributed by atoms with van der Waals surface area (Å²) in [5, 5.41) is 26.6. The van der Waals surface area contributed by atoms with Gasteiger partial charge in [-0.3, -0.25) is 0 Å². The van der Waals surface area contributed by atoms with Crippen molar-refractivity contribution in [1.29, 1.82) is 5.26 Å². The summed E-state index contributed by atoms with van der Waals surface area (Å²) in [4.78, 5) is 0. The summed E-state index contributed by atoms with van der Waals surface area (Å²) in [5.74, 6) is -2.96. The van der Waals surface area contributed by atoms with Gasteiger partial charge in [0.1, 0.15) is 0 Å². The topological polar surface area (TPSA) is 64.2 Å². The molecule has 4 heteroatoms. The lowest BCUT2D eigenvalue weighted by Crippen LogP contribution is -1.92. The van der Waals surface area contributed by atoms with Crippen molar-refractivity contribution in [1.82, 2.24) is 0 Å². The Bertz CT molecular complexity index is 371. The summed E-state index contributed by atoms with van der Waals surface area (Å²) in [6.45, 7) is 1.53. The standard InChI is InChI=1S/C9H8FNO2/c1-5(4-11)6-2-3-7(12)8(10)9(6)13/h2-3,5,12-13H,1H3. The number of hydrogen-bond acceptors (Lipinski definition) is 3. The van der Waals surface area contributed by atoms with Gasteiger partial charge < -0.3 is 10.2 Å². The molecule has 0 aliphatic carbocycles. The number of rotatable bonds is 1. The highest BCUT2D eigenvalue weighted by Crippen LogP contribution is 2.32. The molecule has 1 unspecified atom stereocenters. The molecule has 0 aliphatic heterocycles. The monoisotopic (exact) mass is 181 g/mol. The second kappa shape index (κ2) is 3.31. The third-order valence-electron chi connectivity index (χ3n) is 1.79. The van der Waals surface area contributed by atoms with Crippen LogP contribution >= 0.6 is 0 Å². The number of aromatic hydroxyl groups is 2. The first-order chi connectivity index (χ1) is 6.07. The Morgan fingerprint density at radius 3 is 2.62 bits per heavy atom. The molecule has 2 N–H and O–H groups in total. The van der Waals surface area contributed by atoms with Crippen molar-refractivity contribution in [2.75, 3.05) is 0 Å². The van der Waals surface area contributed by atoms with Gasteiger partial charge in [0.15, 0.2) is 11.5 Å². The molecule has 1 aromatic carbocycles. The van der Waals surface area contributed by atoms with Crippen molar-refractivity contribution in [3.8, 4) is 17.6 Å². The summed E-state index contributed by atoms with van der Waals surface area (Å²) >= 11 is 0. The van der Waals surface area contributed by atoms with Crippen molar-refractivity contribution < 1.29 is 14.6 Å². The van der Waals surface area contributed by atoms with Crippen LogP contribution in [0.3, 0.4) is 0 Å². The summed E-state index contributed by atoms with van der Waals surface area (Å²) in [5.41, 5.74) is 0.179. The molecule has 0 radical (unpaired) electrons. The molecule has 0 heterocycles. The summed E-state index contributed by atoms with van der Waals surface area (Å²) in [6.07, 6.45) is 0. The third kappa shape index (κ3) is 1.54. The largest absolute Gasteiger partial charge is 0.505 e. The van der Waals surface area contributed by atoms with Crippen molar-refractivity contribution in [2.45, 2.75) is 12.8 Å². The van der Waals surface area contributed by atoms with Crippen LogP contribution in [0.15, 0.2) is 12.1 Å². The van der Waals surface area contributed by atoms with Gasteiger partial charge in [0.05, 0.1) is 12.0 Å². The molecule has 3 nitrogen and oxygen atoms in total. The second-order valence-corrected chi connectivity index (χ2v) is 2.69. The van der Waals surface area contributed by atoms with Gasteiger partial charge in [-0.1, -0.05) is 6.07 Å². The number of halogens is 1. The van der Waals surface area contributed by atoms with Crippen LogP contribution in [0.1, 0.15) is 18.4 Å². The van der Waals surface area contributed by atoms with Crippen LogP contribution in [0.4, 0.5) is 4.39 Å². The zero-order valence-corrected chi connectivity index (χ0v) is 6.95. The lowest BCUT2D eigenvalue weighted by atomic mass is 10.0. The number of nitriles is 1. The van der Waals surface area contributed by atoms with Crippen LogP contribution in [0.25, 0.3) is 0 Å². The quantitative estimate of drug-likeness (QED) is 0.695. The Labute approximate surface area is 74.7 Å². The van der Waals surface area contributed by atoms with E-state index in [4.69, 9.17) is 10.4 Å². The zero-order chi connectivity index (χ0) is 10.0. The van der Waals surface area contributed by atoms with Crippen molar-refractivity contribution in [2.24, 2.45) is 0 Å². The molecule has 0 aromatic heterocycles. The van der Waals surface area contributed by atoms with Gasteiger partial charge in [-0.15, -0.1) is 0 Å². The molecule has 0 fully saturated rings. The minimum atomic E-state index is -1.08. The van der Waals surface area contributed by atoms with Crippen LogP contribution in [0.2, 0.25) is 0 Å². The van der Waals surface area contributed by atoms with E-state index in [2.05, 4.69) is 0 Å². The molecule has 0 saturated heterocycles. The van der Waals surface area contributed by atoms with E-state index in [0.717, 1.165) is 6.07 Å². The van der Waals surface area contributed by atoms with E-state index < -0.39 is 23.2 Å². The van der Waals surface area contributed by atoms with E-state index in [1.807, 2.05) is 6.07 Å². The Morgan fingerprint density at radius 2 is 2.08 bits per heavy atom. The number of phenols is 2. The first-order valence-corrected chi connectivity index (χ1v) is 3.68. The fourth-order valence-corrected chi connectivity index (χ4v) is 0.988. The van der Waals surface area contributed by atoms with E-state index in [1.165, 1.54) is 13.0 Å². The normalized spacial score (nSPS) is 12.1. The first-order valence-electron chi connectivity index (χ1n) is 3.68. The number of nitrogens with zero attached hydrogens (tertiary/aromatic N) is 1. The van der Waals surface area contributed by atoms with Crippen molar-refractivity contribution in [3.05, 3.63) is 23.5 Å².